The Hall–Kier alpha value is -3.78. The van der Waals surface area contributed by atoms with Crippen molar-refractivity contribution in [3.05, 3.63) is 42.5 Å². The van der Waals surface area contributed by atoms with Crippen molar-refractivity contribution >= 4 is 22.7 Å². The Kier molecular flexibility index (Phi) is 6.69. The summed E-state index contributed by atoms with van der Waals surface area (Å²) in [5, 5.41) is 4.23. The quantitative estimate of drug-likeness (QED) is 0.408. The zero-order valence-corrected chi connectivity index (χ0v) is 21.1. The van der Waals surface area contributed by atoms with Gasteiger partial charge in [0.25, 0.3) is 0 Å². The first-order valence-electron chi connectivity index (χ1n) is 12.4. The van der Waals surface area contributed by atoms with Gasteiger partial charge in [0.15, 0.2) is 11.4 Å². The zero-order chi connectivity index (χ0) is 27.0. The average Bonchev–Trinajstić information content (AvgIpc) is 3.35. The number of nitrogens with zero attached hydrogens (tertiary/aromatic N) is 5. The smallest absolute Gasteiger partial charge is 0.440 e. The molecule has 0 unspecified atom stereocenters. The first kappa shape index (κ1) is 25.9. The van der Waals surface area contributed by atoms with E-state index in [0.717, 1.165) is 55.8 Å². The highest BCUT2D eigenvalue weighted by Gasteiger charge is 2.43. The van der Waals surface area contributed by atoms with E-state index in [-0.39, 0.29) is 5.69 Å². The van der Waals surface area contributed by atoms with Crippen LogP contribution in [0.3, 0.4) is 0 Å². The molecule has 0 atom stereocenters. The van der Waals surface area contributed by atoms with Gasteiger partial charge in [-0.05, 0) is 75.1 Å². The number of aromatic nitrogens is 4. The fourth-order valence-electron chi connectivity index (χ4n) is 4.94. The van der Waals surface area contributed by atoms with Crippen molar-refractivity contribution < 1.29 is 22.7 Å². The predicted molar refractivity (Wildman–Crippen MR) is 135 cm³/mol. The van der Waals surface area contributed by atoms with Crippen LogP contribution in [0.4, 0.5) is 19.0 Å². The van der Waals surface area contributed by atoms with E-state index in [1.54, 1.807) is 18.6 Å². The van der Waals surface area contributed by atoms with E-state index in [0.29, 0.717) is 16.8 Å². The first-order valence-corrected chi connectivity index (χ1v) is 12.4. The Morgan fingerprint density at radius 1 is 1.08 bits per heavy atom. The number of nitrogens with one attached hydrogen (secondary N) is 1. The number of pyridine rings is 2. The molecule has 1 N–H and O–H groups in total. The highest BCUT2D eigenvalue weighted by atomic mass is 19.4. The van der Waals surface area contributed by atoms with E-state index in [4.69, 9.17) is 9.97 Å². The molecule has 0 bridgehead atoms. The Labute approximate surface area is 218 Å². The number of hydrogen-bond acceptors (Lipinski definition) is 8. The lowest BCUT2D eigenvalue weighted by Gasteiger charge is -2.39. The second-order valence-corrected chi connectivity index (χ2v) is 10.2. The fraction of sp³-hybridized carbons (Fsp3) is 0.444. The summed E-state index contributed by atoms with van der Waals surface area (Å²) in [6, 6.07) is 5.44. The summed E-state index contributed by atoms with van der Waals surface area (Å²) in [5.41, 5.74) is 0.115. The number of rotatable bonds is 3. The van der Waals surface area contributed by atoms with Gasteiger partial charge in [-0.1, -0.05) is 0 Å². The Bertz CT molecular complexity index is 1400. The fourth-order valence-corrected chi connectivity index (χ4v) is 4.94. The maximum atomic E-state index is 12.7. The maximum Gasteiger partial charge on any atom is 0.490 e. The molecule has 0 saturated carbocycles. The molecule has 2 saturated heterocycles. The number of alkyl halides is 3. The predicted octanol–water partition coefficient (Wildman–Crippen LogP) is 3.90. The lowest BCUT2D eigenvalue weighted by atomic mass is 9.78. The molecule has 0 aromatic carbocycles. The Balaban J connectivity index is 1.55. The zero-order valence-electron chi connectivity index (χ0n) is 21.1. The lowest BCUT2D eigenvalue weighted by molar-refractivity contribution is -0.207. The monoisotopic (exact) mass is 524 g/mol. The van der Waals surface area contributed by atoms with E-state index < -0.39 is 17.7 Å². The van der Waals surface area contributed by atoms with Crippen LogP contribution in [0.25, 0.3) is 22.3 Å². The van der Waals surface area contributed by atoms with Crippen molar-refractivity contribution in [3.63, 3.8) is 0 Å². The summed E-state index contributed by atoms with van der Waals surface area (Å²) in [6.07, 6.45) is 3.04. The van der Waals surface area contributed by atoms with Gasteiger partial charge in [-0.15, -0.1) is 0 Å². The molecule has 198 valence electrons. The molecule has 8 nitrogen and oxygen atoms in total. The molecular formula is C27H27F3N6O2. The molecule has 0 aliphatic carbocycles. The van der Waals surface area contributed by atoms with E-state index >= 15 is 0 Å². The van der Waals surface area contributed by atoms with E-state index in [1.807, 2.05) is 18.2 Å². The highest BCUT2D eigenvalue weighted by Crippen LogP contribution is 2.39. The van der Waals surface area contributed by atoms with Gasteiger partial charge in [0.2, 0.25) is 0 Å². The third-order valence-corrected chi connectivity index (χ3v) is 7.05. The van der Waals surface area contributed by atoms with E-state index in [2.05, 4.69) is 36.8 Å². The second-order valence-electron chi connectivity index (χ2n) is 10.2. The summed E-state index contributed by atoms with van der Waals surface area (Å²) >= 11 is 0. The number of carbonyl (C=O) groups is 1. The minimum absolute atomic E-state index is 0.256. The number of anilines is 1. The van der Waals surface area contributed by atoms with Crippen LogP contribution in [-0.2, 0) is 9.53 Å². The molecule has 2 fully saturated rings. The van der Waals surface area contributed by atoms with Crippen molar-refractivity contribution in [1.29, 1.82) is 0 Å². The molecule has 0 radical (unpaired) electrons. The lowest BCUT2D eigenvalue weighted by Crippen LogP contribution is -2.41. The largest absolute Gasteiger partial charge is 0.490 e. The van der Waals surface area contributed by atoms with Gasteiger partial charge >= 0.3 is 12.1 Å². The van der Waals surface area contributed by atoms with Gasteiger partial charge in [-0.2, -0.15) is 13.2 Å². The molecule has 2 aliphatic rings. The van der Waals surface area contributed by atoms with Gasteiger partial charge < -0.3 is 15.0 Å². The Morgan fingerprint density at radius 2 is 1.82 bits per heavy atom. The van der Waals surface area contributed by atoms with Gasteiger partial charge in [-0.25, -0.2) is 19.7 Å². The standard InChI is InChI=1S/C27H27F3N6O2/c1-25(2,38-24(37)27(28,29)30)7-3-20-21-19(6-13-33-20)23(35-22(34-21)18-4-11-31-12-5-18)36-15-9-26(10-16-36)8-14-32-17-26/h4-6,11-13,32H,8-10,14-17H2,1-2H3. The van der Waals surface area contributed by atoms with Crippen molar-refractivity contribution in [2.24, 2.45) is 5.41 Å². The number of ether oxygens (including phenoxy) is 1. The van der Waals surface area contributed by atoms with Gasteiger partial charge in [0, 0.05) is 49.2 Å². The molecule has 3 aromatic rings. The second kappa shape index (κ2) is 9.83. The molecule has 1 spiro atoms. The van der Waals surface area contributed by atoms with E-state index in [9.17, 15) is 18.0 Å². The molecule has 3 aromatic heterocycles. The number of fused-ring (bicyclic) bond motifs is 1. The average molecular weight is 525 g/mol. The number of piperidine rings is 1. The third-order valence-electron chi connectivity index (χ3n) is 7.05. The molecular weight excluding hydrogens is 497 g/mol. The normalized spacial score (nSPS) is 17.3. The van der Waals surface area contributed by atoms with Crippen LogP contribution in [0.5, 0.6) is 0 Å². The first-order chi connectivity index (χ1) is 18.1. The number of hydrogen-bond donors (Lipinski definition) is 1. The van der Waals surface area contributed by atoms with Crippen molar-refractivity contribution in [3.8, 4) is 23.2 Å². The minimum atomic E-state index is -5.11. The molecule has 38 heavy (non-hydrogen) atoms. The summed E-state index contributed by atoms with van der Waals surface area (Å²) in [5.74, 6) is 4.34. The molecule has 5 heterocycles. The Morgan fingerprint density at radius 3 is 2.47 bits per heavy atom. The van der Waals surface area contributed by atoms with Crippen LogP contribution in [-0.4, -0.2) is 63.9 Å². The molecule has 5 rings (SSSR count). The summed E-state index contributed by atoms with van der Waals surface area (Å²) in [7, 11) is 0. The van der Waals surface area contributed by atoms with Crippen LogP contribution >= 0.6 is 0 Å². The van der Waals surface area contributed by atoms with E-state index in [1.165, 1.54) is 20.3 Å². The van der Waals surface area contributed by atoms with Crippen LogP contribution < -0.4 is 10.2 Å². The molecule has 0 amide bonds. The highest BCUT2D eigenvalue weighted by molar-refractivity contribution is 5.93. The van der Waals surface area contributed by atoms with Crippen molar-refractivity contribution in [2.45, 2.75) is 44.9 Å². The van der Waals surface area contributed by atoms with Crippen molar-refractivity contribution in [2.75, 3.05) is 31.1 Å². The maximum absolute atomic E-state index is 12.7. The van der Waals surface area contributed by atoms with Gasteiger partial charge in [-0.3, -0.25) is 4.98 Å². The van der Waals surface area contributed by atoms with Gasteiger partial charge in [0.1, 0.15) is 17.0 Å². The number of carbonyl (C=O) groups excluding carboxylic acids is 1. The third kappa shape index (κ3) is 5.41. The minimum Gasteiger partial charge on any atom is -0.440 e. The van der Waals surface area contributed by atoms with Crippen LogP contribution in [0.1, 0.15) is 38.8 Å². The SMILES string of the molecule is CC(C)(C#Cc1nccc2c(N3CCC4(CCNC4)CC3)nc(-c3ccncc3)nc12)OC(=O)C(F)(F)F. The topological polar surface area (TPSA) is 93.1 Å². The number of esters is 1. The molecule has 2 aliphatic heterocycles. The summed E-state index contributed by atoms with van der Waals surface area (Å²) < 4.78 is 42.7. The van der Waals surface area contributed by atoms with Gasteiger partial charge in [0.05, 0.1) is 0 Å². The van der Waals surface area contributed by atoms with Crippen LogP contribution in [0.2, 0.25) is 0 Å². The van der Waals surface area contributed by atoms with Crippen molar-refractivity contribution in [1.82, 2.24) is 25.3 Å². The number of halogens is 3. The molecule has 11 heteroatoms. The summed E-state index contributed by atoms with van der Waals surface area (Å²) in [4.78, 5) is 31.7. The van der Waals surface area contributed by atoms with Crippen LogP contribution in [0, 0.1) is 17.3 Å². The van der Waals surface area contributed by atoms with Crippen LogP contribution in [0.15, 0.2) is 36.8 Å². The summed E-state index contributed by atoms with van der Waals surface area (Å²) in [6.45, 7) is 6.34.